The molecule has 4 amide bonds. The van der Waals surface area contributed by atoms with Crippen LogP contribution in [0.25, 0.3) is 10.1 Å². The normalized spacial score (nSPS) is 29.4. The maximum atomic E-state index is 14.3. The first-order chi connectivity index (χ1) is 21.5. The van der Waals surface area contributed by atoms with Crippen molar-refractivity contribution in [1.82, 2.24) is 20.0 Å². The largest absolute Gasteiger partial charge is 0.378 e. The molecule has 15 heteroatoms. The minimum absolute atomic E-state index is 0.0419. The van der Waals surface area contributed by atoms with Crippen molar-refractivity contribution >= 4 is 52.6 Å². The number of nitrogens with zero attached hydrogens (tertiary/aromatic N) is 3. The lowest BCUT2D eigenvalue weighted by Gasteiger charge is -2.44. The lowest BCUT2D eigenvalue weighted by atomic mass is 9.96. The number of carbonyl (C=O) groups is 4. The Kier molecular flexibility index (Phi) is 8.00. The molecule has 5 aliphatic rings. The zero-order chi connectivity index (χ0) is 31.6. The van der Waals surface area contributed by atoms with Crippen LogP contribution in [0.5, 0.6) is 0 Å². The van der Waals surface area contributed by atoms with Gasteiger partial charge in [-0.25, -0.2) is 4.39 Å². The summed E-state index contributed by atoms with van der Waals surface area (Å²) in [6.45, 7) is 2.83. The van der Waals surface area contributed by atoms with E-state index in [1.807, 2.05) is 0 Å². The number of alkyl halides is 1. The smallest absolute Gasteiger partial charge is 0.363 e. The molecule has 2 aromatic rings. The summed E-state index contributed by atoms with van der Waals surface area (Å²) in [5.41, 5.74) is -0.176. The molecule has 4 saturated heterocycles. The van der Waals surface area contributed by atoms with E-state index in [9.17, 15) is 37.9 Å². The summed E-state index contributed by atoms with van der Waals surface area (Å²) in [5, 5.41) is 3.38. The highest BCUT2D eigenvalue weighted by molar-refractivity contribution is 7.51. The summed E-state index contributed by atoms with van der Waals surface area (Å²) in [6.07, 6.45) is 3.59. The van der Waals surface area contributed by atoms with Crippen molar-refractivity contribution in [2.45, 2.75) is 56.1 Å². The third-order valence-corrected chi connectivity index (χ3v) is 12.0. The van der Waals surface area contributed by atoms with Gasteiger partial charge in [-0.2, -0.15) is 0 Å². The maximum Gasteiger partial charge on any atom is 0.363 e. The summed E-state index contributed by atoms with van der Waals surface area (Å²) >= 11 is 1.14. The van der Waals surface area contributed by atoms with E-state index in [1.54, 1.807) is 14.7 Å². The number of thiophene rings is 1. The van der Waals surface area contributed by atoms with Crippen LogP contribution in [0.2, 0.25) is 0 Å². The summed E-state index contributed by atoms with van der Waals surface area (Å²) in [5.74, 6) is -2.75. The molecule has 0 radical (unpaired) electrons. The zero-order valence-electron chi connectivity index (χ0n) is 24.5. The number of halogens is 1. The fraction of sp³-hybridized carbons (Fsp3) is 0.600. The van der Waals surface area contributed by atoms with Gasteiger partial charge in [0.2, 0.25) is 23.6 Å². The molecule has 1 aromatic heterocycles. The van der Waals surface area contributed by atoms with Crippen LogP contribution in [0.3, 0.4) is 0 Å². The second-order valence-corrected chi connectivity index (χ2v) is 15.7. The highest BCUT2D eigenvalue weighted by atomic mass is 32.1. The van der Waals surface area contributed by atoms with Crippen LogP contribution in [-0.2, 0) is 23.7 Å². The second kappa shape index (κ2) is 11.7. The first kappa shape index (κ1) is 30.7. The van der Waals surface area contributed by atoms with Crippen molar-refractivity contribution in [3.05, 3.63) is 34.7 Å². The van der Waals surface area contributed by atoms with Gasteiger partial charge in [0.25, 0.3) is 5.91 Å². The number of fused-ring (bicyclic) bond motifs is 3. The molecular weight excluding hydrogens is 626 g/mol. The van der Waals surface area contributed by atoms with Crippen molar-refractivity contribution in [3.8, 4) is 0 Å². The van der Waals surface area contributed by atoms with Crippen molar-refractivity contribution in [2.24, 2.45) is 17.8 Å². The molecule has 7 rings (SSSR count). The van der Waals surface area contributed by atoms with E-state index in [2.05, 4.69) is 5.32 Å². The SMILES string of the molecule is O=C(N[C@H]1C[C@@H]2C[C@@H]2C[C@H]2CC[C@@H](C(=O)N3CC(C(=O)N4CCOCC4)C3)N2C1=O)c1cc2cc(C(F)P(=O)(O)O)ccc2s1. The van der Waals surface area contributed by atoms with Gasteiger partial charge in [-0.15, -0.1) is 11.3 Å². The molecule has 1 saturated carbocycles. The highest BCUT2D eigenvalue weighted by Gasteiger charge is 2.53. The molecule has 242 valence electrons. The van der Waals surface area contributed by atoms with E-state index < -0.39 is 31.5 Å². The fourth-order valence-electron chi connectivity index (χ4n) is 7.44. The summed E-state index contributed by atoms with van der Waals surface area (Å²) in [7, 11) is -4.98. The average molecular weight is 663 g/mol. The van der Waals surface area contributed by atoms with Crippen LogP contribution in [-0.4, -0.2) is 106 Å². The van der Waals surface area contributed by atoms with E-state index in [4.69, 9.17) is 4.74 Å². The lowest BCUT2D eigenvalue weighted by molar-refractivity contribution is -0.156. The molecule has 1 aliphatic carbocycles. The van der Waals surface area contributed by atoms with Crippen LogP contribution >= 0.6 is 18.9 Å². The number of amides is 4. The van der Waals surface area contributed by atoms with Gasteiger partial charge in [-0.3, -0.25) is 23.7 Å². The van der Waals surface area contributed by atoms with Crippen LogP contribution in [0.15, 0.2) is 24.3 Å². The second-order valence-electron chi connectivity index (χ2n) is 13.0. The predicted molar refractivity (Wildman–Crippen MR) is 161 cm³/mol. The van der Waals surface area contributed by atoms with Crippen molar-refractivity contribution < 1.29 is 42.7 Å². The molecule has 1 aromatic carbocycles. The van der Waals surface area contributed by atoms with Gasteiger partial charge in [-0.1, -0.05) is 6.07 Å². The molecular formula is C30H36FN4O8PS. The molecule has 6 atom stereocenters. The molecule has 3 N–H and O–H groups in total. The Morgan fingerprint density at radius 3 is 2.47 bits per heavy atom. The first-order valence-corrected chi connectivity index (χ1v) is 18.0. The number of hydrogen-bond acceptors (Lipinski definition) is 7. The minimum atomic E-state index is -4.98. The third-order valence-electron chi connectivity index (χ3n) is 10.0. The topological polar surface area (TPSA) is 157 Å². The Bertz CT molecular complexity index is 1590. The average Bonchev–Trinajstić information content (AvgIpc) is 3.36. The number of morpholine rings is 1. The Morgan fingerprint density at radius 1 is 1.00 bits per heavy atom. The summed E-state index contributed by atoms with van der Waals surface area (Å²) < 4.78 is 31.6. The number of benzene rings is 1. The van der Waals surface area contributed by atoms with Crippen molar-refractivity contribution in [1.29, 1.82) is 0 Å². The number of likely N-dealkylation sites (tertiary alicyclic amines) is 1. The molecule has 45 heavy (non-hydrogen) atoms. The van der Waals surface area contributed by atoms with Crippen LogP contribution < -0.4 is 5.32 Å². The van der Waals surface area contributed by atoms with Gasteiger partial charge in [-0.05, 0) is 73.1 Å². The van der Waals surface area contributed by atoms with Crippen molar-refractivity contribution in [3.63, 3.8) is 0 Å². The number of nitrogens with one attached hydrogen (secondary N) is 1. The molecule has 0 bridgehead atoms. The number of rotatable bonds is 6. The van der Waals surface area contributed by atoms with Gasteiger partial charge in [0.05, 0.1) is 24.0 Å². The van der Waals surface area contributed by atoms with Crippen LogP contribution in [0, 0.1) is 17.8 Å². The standard InChI is InChI=1S/C30H36FN4O8PS/c31-26(44(40,41)42)16-1-4-24-19(9-16)13-25(45-24)27(36)32-22-12-18-10-17(18)11-21-2-3-23(35(21)29(22)38)30(39)34-14-20(15-34)28(37)33-5-7-43-8-6-33/h1,4,9,13,17-18,20-23,26H,2-3,5-8,10-12,14-15H2,(H,32,36)(H2,40,41,42)/t17-,18+,21-,22+,23+,26?/m1/s1. The molecule has 5 heterocycles. The van der Waals surface area contributed by atoms with Crippen LogP contribution in [0.1, 0.15) is 53.3 Å². The Hall–Kier alpha value is -2.90. The number of ether oxygens (including phenoxy) is 1. The quantitative estimate of drug-likeness (QED) is 0.398. The lowest BCUT2D eigenvalue weighted by Crippen LogP contribution is -2.62. The first-order valence-electron chi connectivity index (χ1n) is 15.5. The van der Waals surface area contributed by atoms with Gasteiger partial charge in [0.1, 0.15) is 12.1 Å². The minimum Gasteiger partial charge on any atom is -0.378 e. The van der Waals surface area contributed by atoms with Crippen LogP contribution in [0.4, 0.5) is 4.39 Å². The Labute approximate surface area is 263 Å². The van der Waals surface area contributed by atoms with Gasteiger partial charge < -0.3 is 34.5 Å². The van der Waals surface area contributed by atoms with Crippen molar-refractivity contribution in [2.75, 3.05) is 39.4 Å². The zero-order valence-corrected chi connectivity index (χ0v) is 26.3. The molecule has 4 aliphatic heterocycles. The van der Waals surface area contributed by atoms with E-state index in [1.165, 1.54) is 24.3 Å². The Morgan fingerprint density at radius 2 is 1.73 bits per heavy atom. The van der Waals surface area contributed by atoms with E-state index in [-0.39, 0.29) is 40.1 Å². The van der Waals surface area contributed by atoms with E-state index in [0.717, 1.165) is 30.6 Å². The third kappa shape index (κ3) is 5.91. The summed E-state index contributed by atoms with van der Waals surface area (Å²) in [6, 6.07) is 4.16. The van der Waals surface area contributed by atoms with E-state index >= 15 is 0 Å². The van der Waals surface area contributed by atoms with Gasteiger partial charge in [0.15, 0.2) is 0 Å². The van der Waals surface area contributed by atoms with Gasteiger partial charge >= 0.3 is 7.60 Å². The fourth-order valence-corrected chi connectivity index (χ4v) is 8.94. The summed E-state index contributed by atoms with van der Waals surface area (Å²) in [4.78, 5) is 78.0. The maximum absolute atomic E-state index is 14.3. The highest BCUT2D eigenvalue weighted by Crippen LogP contribution is 2.53. The van der Waals surface area contributed by atoms with E-state index in [0.29, 0.717) is 74.2 Å². The number of carbonyl (C=O) groups excluding carboxylic acids is 4. The molecule has 12 nitrogen and oxygen atoms in total. The molecule has 5 fully saturated rings. The molecule has 1 unspecified atom stereocenters. The molecule has 0 spiro atoms. The Balaban J connectivity index is 1.04. The van der Waals surface area contributed by atoms with Gasteiger partial charge in [0, 0.05) is 36.9 Å². The predicted octanol–water partition coefficient (Wildman–Crippen LogP) is 2.25. The number of hydrogen-bond donors (Lipinski definition) is 3. The monoisotopic (exact) mass is 662 g/mol.